The minimum atomic E-state index is 0.0146. The van der Waals surface area contributed by atoms with E-state index in [0.717, 1.165) is 5.69 Å². The molecule has 0 radical (unpaired) electrons. The maximum atomic E-state index is 11.2. The highest BCUT2D eigenvalue weighted by Crippen LogP contribution is 2.20. The van der Waals surface area contributed by atoms with Crippen molar-refractivity contribution in [3.63, 3.8) is 0 Å². The average Bonchev–Trinajstić information content (AvgIpc) is 2.47. The first-order valence-electron chi connectivity index (χ1n) is 6.17. The van der Waals surface area contributed by atoms with Gasteiger partial charge in [-0.2, -0.15) is 0 Å². The summed E-state index contributed by atoms with van der Waals surface area (Å²) in [6.07, 6.45) is 2.79. The number of rotatable bonds is 5. The number of nitrogens with two attached hydrogens (primary N) is 1. The number of benzene rings is 1. The fourth-order valence-corrected chi connectivity index (χ4v) is 1.67. The predicted molar refractivity (Wildman–Crippen MR) is 80.8 cm³/mol. The monoisotopic (exact) mass is 285 g/mol. The second-order valence-corrected chi connectivity index (χ2v) is 4.20. The molecule has 0 atom stereocenters. The van der Waals surface area contributed by atoms with Gasteiger partial charge in [0.05, 0.1) is 11.8 Å². The van der Waals surface area contributed by atoms with Gasteiger partial charge in [0.15, 0.2) is 5.78 Å². The SMILES string of the molecule is CO/N=C/c1c(N)ncnc1Nc1ccc(C(C)=O)cc1. The van der Waals surface area contributed by atoms with E-state index in [9.17, 15) is 4.79 Å². The van der Waals surface area contributed by atoms with Crippen molar-refractivity contribution in [2.75, 3.05) is 18.2 Å². The number of Topliss-reactive ketones (excluding diaryl/α,β-unsaturated/α-hetero) is 1. The Labute approximate surface area is 121 Å². The van der Waals surface area contributed by atoms with Crippen molar-refractivity contribution < 1.29 is 9.63 Å². The summed E-state index contributed by atoms with van der Waals surface area (Å²) in [6.45, 7) is 1.52. The van der Waals surface area contributed by atoms with E-state index in [0.29, 0.717) is 16.9 Å². The third-order valence-electron chi connectivity index (χ3n) is 2.76. The van der Waals surface area contributed by atoms with Gasteiger partial charge in [-0.1, -0.05) is 5.16 Å². The smallest absolute Gasteiger partial charge is 0.159 e. The van der Waals surface area contributed by atoms with Crippen LogP contribution in [0.5, 0.6) is 0 Å². The standard InChI is InChI=1S/C14H15N5O2/c1-9(20)10-3-5-11(6-4-10)19-14-12(7-18-21-2)13(15)16-8-17-14/h3-8H,1-2H3,(H3,15,16,17,19)/b18-7+. The Balaban J connectivity index is 2.28. The fraction of sp³-hybridized carbons (Fsp3) is 0.143. The number of aromatic nitrogens is 2. The Kier molecular flexibility index (Phi) is 4.45. The molecule has 0 aliphatic carbocycles. The number of hydrogen-bond acceptors (Lipinski definition) is 7. The third-order valence-corrected chi connectivity index (χ3v) is 2.76. The molecule has 1 aromatic heterocycles. The molecule has 2 rings (SSSR count). The van der Waals surface area contributed by atoms with Crippen LogP contribution < -0.4 is 11.1 Å². The van der Waals surface area contributed by atoms with Gasteiger partial charge in [0.1, 0.15) is 25.1 Å². The predicted octanol–water partition coefficient (Wildman–Crippen LogP) is 1.99. The summed E-state index contributed by atoms with van der Waals surface area (Å²) < 4.78 is 0. The summed E-state index contributed by atoms with van der Waals surface area (Å²) in [7, 11) is 1.43. The molecule has 0 aliphatic heterocycles. The lowest BCUT2D eigenvalue weighted by atomic mass is 10.1. The maximum Gasteiger partial charge on any atom is 0.159 e. The number of carbonyl (C=O) groups excluding carboxylic acids is 1. The quantitative estimate of drug-likeness (QED) is 0.494. The van der Waals surface area contributed by atoms with Gasteiger partial charge < -0.3 is 15.9 Å². The number of nitrogen functional groups attached to an aromatic ring is 1. The molecule has 2 aromatic rings. The minimum Gasteiger partial charge on any atom is -0.399 e. The van der Waals surface area contributed by atoms with Gasteiger partial charge >= 0.3 is 0 Å². The van der Waals surface area contributed by atoms with Crippen molar-refractivity contribution in [2.45, 2.75) is 6.92 Å². The van der Waals surface area contributed by atoms with E-state index in [-0.39, 0.29) is 11.6 Å². The highest BCUT2D eigenvalue weighted by Gasteiger charge is 2.08. The molecule has 1 aromatic carbocycles. The van der Waals surface area contributed by atoms with E-state index < -0.39 is 0 Å². The van der Waals surface area contributed by atoms with Crippen LogP contribution in [-0.2, 0) is 4.84 Å². The van der Waals surface area contributed by atoms with Crippen molar-refractivity contribution in [3.05, 3.63) is 41.7 Å². The maximum absolute atomic E-state index is 11.2. The second kappa shape index (κ2) is 6.47. The molecule has 0 amide bonds. The average molecular weight is 285 g/mol. The van der Waals surface area contributed by atoms with Crippen LogP contribution in [-0.4, -0.2) is 29.1 Å². The summed E-state index contributed by atoms with van der Waals surface area (Å²) in [5, 5.41) is 6.77. The van der Waals surface area contributed by atoms with Gasteiger partial charge in [-0.05, 0) is 31.2 Å². The lowest BCUT2D eigenvalue weighted by Gasteiger charge is -2.09. The number of anilines is 3. The molecule has 0 bridgehead atoms. The van der Waals surface area contributed by atoms with Gasteiger partial charge in [-0.3, -0.25) is 4.79 Å². The van der Waals surface area contributed by atoms with Crippen molar-refractivity contribution in [1.29, 1.82) is 0 Å². The highest BCUT2D eigenvalue weighted by molar-refractivity contribution is 5.95. The summed E-state index contributed by atoms with van der Waals surface area (Å²) in [6, 6.07) is 7.04. The van der Waals surface area contributed by atoms with Gasteiger partial charge in [0.25, 0.3) is 0 Å². The zero-order valence-electron chi connectivity index (χ0n) is 11.7. The van der Waals surface area contributed by atoms with Crippen molar-refractivity contribution >= 4 is 29.3 Å². The van der Waals surface area contributed by atoms with E-state index in [1.165, 1.54) is 26.6 Å². The highest BCUT2D eigenvalue weighted by atomic mass is 16.6. The summed E-state index contributed by atoms with van der Waals surface area (Å²) in [4.78, 5) is 23.9. The van der Waals surface area contributed by atoms with Crippen LogP contribution in [0.15, 0.2) is 35.7 Å². The largest absolute Gasteiger partial charge is 0.399 e. The van der Waals surface area contributed by atoms with Gasteiger partial charge in [-0.15, -0.1) is 0 Å². The summed E-state index contributed by atoms with van der Waals surface area (Å²) in [5.74, 6) is 0.799. The topological polar surface area (TPSA) is 102 Å². The Bertz CT molecular complexity index is 668. The molecule has 1 heterocycles. The van der Waals surface area contributed by atoms with E-state index in [1.54, 1.807) is 24.3 Å². The molecule has 21 heavy (non-hydrogen) atoms. The van der Waals surface area contributed by atoms with E-state index in [4.69, 9.17) is 5.73 Å². The molecule has 7 heteroatoms. The zero-order chi connectivity index (χ0) is 15.2. The molecule has 0 unspecified atom stereocenters. The first-order chi connectivity index (χ1) is 10.1. The Morgan fingerprint density at radius 3 is 2.67 bits per heavy atom. The molecular formula is C14H15N5O2. The van der Waals surface area contributed by atoms with Crippen LogP contribution >= 0.6 is 0 Å². The molecule has 7 nitrogen and oxygen atoms in total. The molecule has 0 spiro atoms. The Morgan fingerprint density at radius 1 is 1.33 bits per heavy atom. The Morgan fingerprint density at radius 2 is 2.05 bits per heavy atom. The minimum absolute atomic E-state index is 0.0146. The van der Waals surface area contributed by atoms with Crippen LogP contribution in [0.1, 0.15) is 22.8 Å². The van der Waals surface area contributed by atoms with E-state index >= 15 is 0 Å². The number of oxime groups is 1. The Hall–Kier alpha value is -2.96. The van der Waals surface area contributed by atoms with Crippen LogP contribution in [0.25, 0.3) is 0 Å². The van der Waals surface area contributed by atoms with Gasteiger partial charge in [0.2, 0.25) is 0 Å². The molecule has 3 N–H and O–H groups in total. The second-order valence-electron chi connectivity index (χ2n) is 4.20. The first-order valence-corrected chi connectivity index (χ1v) is 6.17. The number of nitrogens with zero attached hydrogens (tertiary/aromatic N) is 3. The molecular weight excluding hydrogens is 270 g/mol. The summed E-state index contributed by atoms with van der Waals surface area (Å²) in [5.41, 5.74) is 7.73. The van der Waals surface area contributed by atoms with Gasteiger partial charge in [0, 0.05) is 11.3 Å². The van der Waals surface area contributed by atoms with E-state index in [1.807, 2.05) is 0 Å². The molecule has 108 valence electrons. The number of hydrogen-bond donors (Lipinski definition) is 2. The van der Waals surface area contributed by atoms with Crippen LogP contribution in [0, 0.1) is 0 Å². The normalized spacial score (nSPS) is 10.6. The lowest BCUT2D eigenvalue weighted by Crippen LogP contribution is -2.05. The molecule has 0 saturated heterocycles. The molecule has 0 saturated carbocycles. The molecule has 0 aliphatic rings. The summed E-state index contributed by atoms with van der Waals surface area (Å²) >= 11 is 0. The van der Waals surface area contributed by atoms with Gasteiger partial charge in [-0.25, -0.2) is 9.97 Å². The number of ketones is 1. The third kappa shape index (κ3) is 3.53. The lowest BCUT2D eigenvalue weighted by molar-refractivity contribution is 0.101. The van der Waals surface area contributed by atoms with Crippen molar-refractivity contribution in [3.8, 4) is 0 Å². The zero-order valence-corrected chi connectivity index (χ0v) is 11.7. The van der Waals surface area contributed by atoms with Crippen LogP contribution in [0.4, 0.5) is 17.3 Å². The van der Waals surface area contributed by atoms with Crippen molar-refractivity contribution in [1.82, 2.24) is 9.97 Å². The van der Waals surface area contributed by atoms with Crippen LogP contribution in [0.2, 0.25) is 0 Å². The number of nitrogens with one attached hydrogen (secondary N) is 1. The molecule has 0 fully saturated rings. The van der Waals surface area contributed by atoms with Crippen LogP contribution in [0.3, 0.4) is 0 Å². The van der Waals surface area contributed by atoms with Crippen molar-refractivity contribution in [2.24, 2.45) is 5.16 Å². The first kappa shape index (κ1) is 14.4. The number of carbonyl (C=O) groups is 1. The van der Waals surface area contributed by atoms with E-state index in [2.05, 4.69) is 25.3 Å². The fourth-order valence-electron chi connectivity index (χ4n) is 1.67.